The molecular formula is C16H23NO. The van der Waals surface area contributed by atoms with Gasteiger partial charge in [-0.3, -0.25) is 0 Å². The van der Waals surface area contributed by atoms with Gasteiger partial charge in [0.2, 0.25) is 0 Å². The van der Waals surface area contributed by atoms with Gasteiger partial charge < -0.3 is 10.4 Å². The van der Waals surface area contributed by atoms with Gasteiger partial charge in [0.15, 0.2) is 0 Å². The summed E-state index contributed by atoms with van der Waals surface area (Å²) in [5, 5.41) is 13.8. The second kappa shape index (κ2) is 4.93. The van der Waals surface area contributed by atoms with Crippen LogP contribution < -0.4 is 5.32 Å². The molecule has 0 aromatic heterocycles. The standard InChI is InChI=1S/C16H23NO/c1-2-14(13-5-3-4-6-15(13)18)17-16(11-7-8-11)12-9-10-12/h3-6,11-12,14,16-18H,2,7-10H2,1H3. The van der Waals surface area contributed by atoms with Crippen LogP contribution >= 0.6 is 0 Å². The summed E-state index contributed by atoms with van der Waals surface area (Å²) in [6.45, 7) is 2.20. The molecule has 0 amide bonds. The van der Waals surface area contributed by atoms with Gasteiger partial charge >= 0.3 is 0 Å². The van der Waals surface area contributed by atoms with Gasteiger partial charge in [-0.15, -0.1) is 0 Å². The molecule has 0 spiro atoms. The van der Waals surface area contributed by atoms with E-state index in [0.29, 0.717) is 17.8 Å². The first-order chi connectivity index (χ1) is 8.79. The molecule has 1 atom stereocenters. The van der Waals surface area contributed by atoms with Crippen molar-refractivity contribution >= 4 is 0 Å². The maximum atomic E-state index is 9.99. The summed E-state index contributed by atoms with van der Waals surface area (Å²) in [4.78, 5) is 0. The van der Waals surface area contributed by atoms with Crippen LogP contribution in [-0.2, 0) is 0 Å². The normalized spacial score (nSPS) is 21.2. The van der Waals surface area contributed by atoms with Gasteiger partial charge in [-0.2, -0.15) is 0 Å². The Morgan fingerprint density at radius 3 is 2.28 bits per heavy atom. The highest BCUT2D eigenvalue weighted by Crippen LogP contribution is 2.45. The number of rotatable bonds is 6. The van der Waals surface area contributed by atoms with Crippen LogP contribution in [0.3, 0.4) is 0 Å². The molecule has 2 aliphatic rings. The van der Waals surface area contributed by atoms with Crippen molar-refractivity contribution in [3.63, 3.8) is 0 Å². The summed E-state index contributed by atoms with van der Waals surface area (Å²) >= 11 is 0. The minimum Gasteiger partial charge on any atom is -0.508 e. The number of hydrogen-bond acceptors (Lipinski definition) is 2. The third-order valence-corrected chi connectivity index (χ3v) is 4.37. The summed E-state index contributed by atoms with van der Waals surface area (Å²) in [5.41, 5.74) is 1.06. The van der Waals surface area contributed by atoms with Crippen LogP contribution in [0.25, 0.3) is 0 Å². The van der Waals surface area contributed by atoms with Crippen molar-refractivity contribution in [2.75, 3.05) is 0 Å². The van der Waals surface area contributed by atoms with Crippen LogP contribution in [0, 0.1) is 11.8 Å². The maximum absolute atomic E-state index is 9.99. The molecular weight excluding hydrogens is 222 g/mol. The number of phenols is 1. The Balaban J connectivity index is 1.73. The summed E-state index contributed by atoms with van der Waals surface area (Å²) < 4.78 is 0. The Morgan fingerprint density at radius 1 is 1.17 bits per heavy atom. The Bertz CT molecular complexity index is 397. The molecule has 0 heterocycles. The SMILES string of the molecule is CCC(NC(C1CC1)C1CC1)c1ccccc1O. The number of hydrogen-bond donors (Lipinski definition) is 2. The van der Waals surface area contributed by atoms with Gasteiger partial charge in [0.1, 0.15) is 5.75 Å². The summed E-state index contributed by atoms with van der Waals surface area (Å²) in [7, 11) is 0. The zero-order valence-electron chi connectivity index (χ0n) is 11.1. The molecule has 2 fully saturated rings. The molecule has 3 rings (SSSR count). The van der Waals surface area contributed by atoms with E-state index in [0.717, 1.165) is 23.8 Å². The number of para-hydroxylation sites is 1. The third kappa shape index (κ3) is 2.54. The maximum Gasteiger partial charge on any atom is 0.120 e. The van der Waals surface area contributed by atoms with Gasteiger partial charge in [-0.1, -0.05) is 25.1 Å². The molecule has 0 saturated heterocycles. The van der Waals surface area contributed by atoms with Crippen LogP contribution in [0.15, 0.2) is 24.3 Å². The van der Waals surface area contributed by atoms with Crippen LogP contribution in [0.1, 0.15) is 50.6 Å². The number of nitrogens with one attached hydrogen (secondary N) is 1. The first-order valence-corrected chi connectivity index (χ1v) is 7.33. The molecule has 0 radical (unpaired) electrons. The van der Waals surface area contributed by atoms with Gasteiger partial charge in [-0.05, 0) is 50.0 Å². The fourth-order valence-electron chi connectivity index (χ4n) is 3.01. The molecule has 2 aliphatic carbocycles. The van der Waals surface area contributed by atoms with E-state index < -0.39 is 0 Å². The lowest BCUT2D eigenvalue weighted by Gasteiger charge is -2.26. The van der Waals surface area contributed by atoms with Crippen molar-refractivity contribution in [2.24, 2.45) is 11.8 Å². The highest BCUT2D eigenvalue weighted by molar-refractivity contribution is 5.34. The fourth-order valence-corrected chi connectivity index (χ4v) is 3.01. The van der Waals surface area contributed by atoms with E-state index in [1.165, 1.54) is 25.7 Å². The molecule has 2 saturated carbocycles. The predicted octanol–water partition coefficient (Wildman–Crippen LogP) is 3.62. The predicted molar refractivity (Wildman–Crippen MR) is 73.5 cm³/mol. The van der Waals surface area contributed by atoms with E-state index in [1.54, 1.807) is 6.07 Å². The molecule has 2 heteroatoms. The lowest BCUT2D eigenvalue weighted by molar-refractivity contribution is 0.351. The average Bonchev–Trinajstić information content (AvgIpc) is 3.26. The Labute approximate surface area is 109 Å². The molecule has 1 aromatic carbocycles. The number of benzene rings is 1. The van der Waals surface area contributed by atoms with E-state index in [1.807, 2.05) is 18.2 Å². The van der Waals surface area contributed by atoms with Crippen LogP contribution in [0.4, 0.5) is 0 Å². The second-order valence-electron chi connectivity index (χ2n) is 5.89. The summed E-state index contributed by atoms with van der Waals surface area (Å²) in [6.07, 6.45) is 6.61. The van der Waals surface area contributed by atoms with Crippen LogP contribution in [-0.4, -0.2) is 11.1 Å². The highest BCUT2D eigenvalue weighted by atomic mass is 16.3. The molecule has 98 valence electrons. The fraction of sp³-hybridized carbons (Fsp3) is 0.625. The molecule has 2 N–H and O–H groups in total. The first kappa shape index (κ1) is 12.0. The number of aromatic hydroxyl groups is 1. The van der Waals surface area contributed by atoms with E-state index in [2.05, 4.69) is 12.2 Å². The van der Waals surface area contributed by atoms with Gasteiger partial charge in [0.05, 0.1) is 0 Å². The molecule has 1 unspecified atom stereocenters. The Kier molecular flexibility index (Phi) is 3.29. The van der Waals surface area contributed by atoms with E-state index in [9.17, 15) is 5.11 Å². The smallest absolute Gasteiger partial charge is 0.120 e. The van der Waals surface area contributed by atoms with Crippen LogP contribution in [0.5, 0.6) is 5.75 Å². The minimum atomic E-state index is 0.303. The highest BCUT2D eigenvalue weighted by Gasteiger charge is 2.42. The second-order valence-corrected chi connectivity index (χ2v) is 5.89. The zero-order chi connectivity index (χ0) is 12.5. The Hall–Kier alpha value is -1.02. The van der Waals surface area contributed by atoms with E-state index in [4.69, 9.17) is 0 Å². The van der Waals surface area contributed by atoms with Crippen molar-refractivity contribution in [3.8, 4) is 5.75 Å². The summed E-state index contributed by atoms with van der Waals surface area (Å²) in [6, 6.07) is 8.75. The molecule has 2 nitrogen and oxygen atoms in total. The van der Waals surface area contributed by atoms with Crippen molar-refractivity contribution in [1.82, 2.24) is 5.32 Å². The molecule has 1 aromatic rings. The number of phenolic OH excluding ortho intramolecular Hbond substituents is 1. The van der Waals surface area contributed by atoms with Crippen LogP contribution in [0.2, 0.25) is 0 Å². The molecule has 0 aliphatic heterocycles. The van der Waals surface area contributed by atoms with E-state index >= 15 is 0 Å². The zero-order valence-corrected chi connectivity index (χ0v) is 11.1. The average molecular weight is 245 g/mol. The van der Waals surface area contributed by atoms with Crippen molar-refractivity contribution in [3.05, 3.63) is 29.8 Å². The lowest BCUT2D eigenvalue weighted by atomic mass is 9.99. The minimum absolute atomic E-state index is 0.303. The largest absolute Gasteiger partial charge is 0.508 e. The monoisotopic (exact) mass is 245 g/mol. The topological polar surface area (TPSA) is 32.3 Å². The molecule has 0 bridgehead atoms. The first-order valence-electron chi connectivity index (χ1n) is 7.33. The van der Waals surface area contributed by atoms with Gasteiger partial charge in [0, 0.05) is 17.6 Å². The van der Waals surface area contributed by atoms with E-state index in [-0.39, 0.29) is 0 Å². The van der Waals surface area contributed by atoms with Crippen molar-refractivity contribution in [2.45, 2.75) is 51.1 Å². The van der Waals surface area contributed by atoms with Gasteiger partial charge in [-0.25, -0.2) is 0 Å². The molecule has 18 heavy (non-hydrogen) atoms. The quantitative estimate of drug-likeness (QED) is 0.802. The third-order valence-electron chi connectivity index (χ3n) is 4.37. The Morgan fingerprint density at radius 2 is 1.78 bits per heavy atom. The summed E-state index contributed by atoms with van der Waals surface area (Å²) in [5.74, 6) is 2.23. The lowest BCUT2D eigenvalue weighted by Crippen LogP contribution is -2.36. The van der Waals surface area contributed by atoms with Crippen molar-refractivity contribution < 1.29 is 5.11 Å². The van der Waals surface area contributed by atoms with Crippen molar-refractivity contribution in [1.29, 1.82) is 0 Å². The van der Waals surface area contributed by atoms with Gasteiger partial charge in [0.25, 0.3) is 0 Å².